The van der Waals surface area contributed by atoms with Crippen molar-refractivity contribution in [3.63, 3.8) is 0 Å². The number of nitrogens with one attached hydrogen (secondary N) is 1. The lowest BCUT2D eigenvalue weighted by molar-refractivity contribution is 0.199. The van der Waals surface area contributed by atoms with Crippen molar-refractivity contribution in [3.8, 4) is 0 Å². The molecule has 6 nitrogen and oxygen atoms in total. The van der Waals surface area contributed by atoms with Crippen LogP contribution < -0.4 is 5.32 Å². The highest BCUT2D eigenvalue weighted by Crippen LogP contribution is 2.38. The molecule has 3 rings (SSSR count). The Labute approximate surface area is 119 Å². The van der Waals surface area contributed by atoms with E-state index in [1.165, 1.54) is 6.42 Å². The van der Waals surface area contributed by atoms with Crippen molar-refractivity contribution in [2.24, 2.45) is 5.41 Å². The first-order valence-corrected chi connectivity index (χ1v) is 7.34. The van der Waals surface area contributed by atoms with Gasteiger partial charge in [-0.2, -0.15) is 0 Å². The second kappa shape index (κ2) is 5.44. The summed E-state index contributed by atoms with van der Waals surface area (Å²) < 4.78 is 1.97. The van der Waals surface area contributed by atoms with E-state index < -0.39 is 0 Å². The van der Waals surface area contributed by atoms with Gasteiger partial charge in [-0.3, -0.25) is 0 Å². The van der Waals surface area contributed by atoms with E-state index in [2.05, 4.69) is 22.2 Å². The zero-order valence-corrected chi connectivity index (χ0v) is 12.1. The fourth-order valence-electron chi connectivity index (χ4n) is 3.42. The van der Waals surface area contributed by atoms with Crippen molar-refractivity contribution in [1.29, 1.82) is 0 Å². The number of imidazole rings is 1. The van der Waals surface area contributed by atoms with Gasteiger partial charge in [0.05, 0.1) is 6.33 Å². The van der Waals surface area contributed by atoms with Gasteiger partial charge in [0.25, 0.3) is 0 Å². The van der Waals surface area contributed by atoms with E-state index in [-0.39, 0.29) is 6.03 Å². The summed E-state index contributed by atoms with van der Waals surface area (Å²) in [5.74, 6) is 0. The van der Waals surface area contributed by atoms with Crippen LogP contribution in [-0.4, -0.2) is 65.2 Å². The lowest BCUT2D eigenvalue weighted by atomic mass is 9.86. The van der Waals surface area contributed by atoms with Gasteiger partial charge in [0.2, 0.25) is 0 Å². The summed E-state index contributed by atoms with van der Waals surface area (Å²) in [6.45, 7) is 5.52. The highest BCUT2D eigenvalue weighted by Gasteiger charge is 2.43. The summed E-state index contributed by atoms with van der Waals surface area (Å²) in [5, 5.41) is 3.01. The normalized spacial score (nSPS) is 26.6. The topological polar surface area (TPSA) is 53.4 Å². The number of aromatic nitrogens is 2. The Morgan fingerprint density at radius 1 is 1.35 bits per heavy atom. The lowest BCUT2D eigenvalue weighted by Gasteiger charge is -2.24. The third-order valence-corrected chi connectivity index (χ3v) is 4.56. The maximum atomic E-state index is 12.2. The van der Waals surface area contributed by atoms with E-state index in [1.54, 1.807) is 12.5 Å². The third-order valence-electron chi connectivity index (χ3n) is 4.56. The third kappa shape index (κ3) is 2.80. The number of hydrogen-bond acceptors (Lipinski definition) is 3. The molecule has 1 N–H and O–H groups in total. The molecule has 0 radical (unpaired) electrons. The van der Waals surface area contributed by atoms with Gasteiger partial charge in [-0.1, -0.05) is 0 Å². The summed E-state index contributed by atoms with van der Waals surface area (Å²) in [6.07, 6.45) is 7.80. The van der Waals surface area contributed by atoms with E-state index in [1.807, 2.05) is 15.7 Å². The second-order valence-electron chi connectivity index (χ2n) is 6.19. The van der Waals surface area contributed by atoms with Gasteiger partial charge >= 0.3 is 6.03 Å². The number of rotatable bonds is 3. The molecule has 6 heteroatoms. The number of nitrogens with zero attached hydrogens (tertiary/aromatic N) is 4. The number of hydrogen-bond donors (Lipinski definition) is 1. The molecule has 2 fully saturated rings. The van der Waals surface area contributed by atoms with Crippen molar-refractivity contribution in [2.45, 2.75) is 19.4 Å². The van der Waals surface area contributed by atoms with Crippen LogP contribution in [0.15, 0.2) is 18.7 Å². The number of likely N-dealkylation sites (tertiary alicyclic amines) is 2. The maximum Gasteiger partial charge on any atom is 0.317 e. The lowest BCUT2D eigenvalue weighted by Crippen LogP contribution is -2.41. The number of carbonyl (C=O) groups is 1. The Kier molecular flexibility index (Phi) is 3.65. The minimum atomic E-state index is 0.0801. The van der Waals surface area contributed by atoms with Crippen LogP contribution >= 0.6 is 0 Å². The molecule has 0 saturated carbocycles. The van der Waals surface area contributed by atoms with Gasteiger partial charge in [0.15, 0.2) is 0 Å². The molecule has 2 saturated heterocycles. The van der Waals surface area contributed by atoms with Gasteiger partial charge in [0.1, 0.15) is 0 Å². The molecule has 20 heavy (non-hydrogen) atoms. The molecule has 3 heterocycles. The smallest absolute Gasteiger partial charge is 0.317 e. The van der Waals surface area contributed by atoms with E-state index >= 15 is 0 Å². The number of amides is 2. The summed E-state index contributed by atoms with van der Waals surface area (Å²) in [5.41, 5.74) is 0.358. The fourth-order valence-corrected chi connectivity index (χ4v) is 3.42. The predicted octanol–water partition coefficient (Wildman–Crippen LogP) is 0.620. The fraction of sp³-hybridized carbons (Fsp3) is 0.714. The van der Waals surface area contributed by atoms with Crippen LogP contribution in [0.1, 0.15) is 12.8 Å². The monoisotopic (exact) mass is 277 g/mol. The first-order chi connectivity index (χ1) is 9.67. The van der Waals surface area contributed by atoms with Crippen LogP contribution in [0.4, 0.5) is 4.79 Å². The molecular weight excluding hydrogens is 254 g/mol. The Hall–Kier alpha value is -1.56. The van der Waals surface area contributed by atoms with Crippen molar-refractivity contribution in [2.75, 3.05) is 39.8 Å². The molecule has 2 aliphatic heterocycles. The van der Waals surface area contributed by atoms with Gasteiger partial charge < -0.3 is 19.7 Å². The Bertz CT molecular complexity index is 460. The average molecular weight is 277 g/mol. The summed E-state index contributed by atoms with van der Waals surface area (Å²) in [4.78, 5) is 20.5. The van der Waals surface area contributed by atoms with E-state index in [9.17, 15) is 4.79 Å². The molecule has 1 aromatic rings. The molecule has 0 aromatic carbocycles. The second-order valence-corrected chi connectivity index (χ2v) is 6.19. The molecule has 1 spiro atoms. The Morgan fingerprint density at radius 3 is 2.90 bits per heavy atom. The first kappa shape index (κ1) is 13.4. The van der Waals surface area contributed by atoms with Crippen molar-refractivity contribution < 1.29 is 4.79 Å². The van der Waals surface area contributed by atoms with Crippen molar-refractivity contribution >= 4 is 6.03 Å². The first-order valence-electron chi connectivity index (χ1n) is 7.34. The standard InChI is InChI=1S/C14H23N5O/c1-17-6-2-14(10-17)3-7-19(11-14)13(20)16-5-9-18-8-4-15-12-18/h4,8,12H,2-3,5-7,9-11H2,1H3,(H,16,20). The summed E-state index contributed by atoms with van der Waals surface area (Å²) in [7, 11) is 2.17. The van der Waals surface area contributed by atoms with Crippen LogP contribution in [-0.2, 0) is 6.54 Å². The zero-order chi connectivity index (χ0) is 14.0. The van der Waals surface area contributed by atoms with Gasteiger partial charge in [-0.15, -0.1) is 0 Å². The molecular formula is C14H23N5O. The minimum Gasteiger partial charge on any atom is -0.336 e. The highest BCUT2D eigenvalue weighted by molar-refractivity contribution is 5.74. The van der Waals surface area contributed by atoms with Crippen LogP contribution in [0.25, 0.3) is 0 Å². The van der Waals surface area contributed by atoms with Gasteiger partial charge in [-0.25, -0.2) is 9.78 Å². The largest absolute Gasteiger partial charge is 0.336 e. The number of carbonyl (C=O) groups excluding carboxylic acids is 1. The van der Waals surface area contributed by atoms with Crippen molar-refractivity contribution in [3.05, 3.63) is 18.7 Å². The molecule has 1 unspecified atom stereocenters. The van der Waals surface area contributed by atoms with Gasteiger partial charge in [0, 0.05) is 50.5 Å². The van der Waals surface area contributed by atoms with E-state index in [4.69, 9.17) is 0 Å². The molecule has 110 valence electrons. The van der Waals surface area contributed by atoms with Crippen molar-refractivity contribution in [1.82, 2.24) is 24.7 Å². The Balaban J connectivity index is 1.44. The summed E-state index contributed by atoms with van der Waals surface area (Å²) >= 11 is 0. The summed E-state index contributed by atoms with van der Waals surface area (Å²) in [6, 6.07) is 0.0801. The minimum absolute atomic E-state index is 0.0801. The molecule has 2 amide bonds. The zero-order valence-electron chi connectivity index (χ0n) is 12.1. The van der Waals surface area contributed by atoms with Gasteiger partial charge in [-0.05, 0) is 26.4 Å². The molecule has 2 aliphatic rings. The molecule has 1 aromatic heterocycles. The number of urea groups is 1. The van der Waals surface area contributed by atoms with Crippen LogP contribution in [0, 0.1) is 5.41 Å². The Morgan fingerprint density at radius 2 is 2.20 bits per heavy atom. The highest BCUT2D eigenvalue weighted by atomic mass is 16.2. The maximum absolute atomic E-state index is 12.2. The molecule has 0 aliphatic carbocycles. The quantitative estimate of drug-likeness (QED) is 0.881. The van der Waals surface area contributed by atoms with Crippen LogP contribution in [0.2, 0.25) is 0 Å². The SMILES string of the molecule is CN1CCC2(CCN(C(=O)NCCn3ccnc3)C2)C1. The van der Waals surface area contributed by atoms with E-state index in [0.29, 0.717) is 12.0 Å². The van der Waals surface area contributed by atoms with Crippen LogP contribution in [0.3, 0.4) is 0 Å². The molecule has 1 atom stereocenters. The average Bonchev–Trinajstić information content (AvgIpc) is 3.13. The van der Waals surface area contributed by atoms with Crippen LogP contribution in [0.5, 0.6) is 0 Å². The molecule has 0 bridgehead atoms. The van der Waals surface area contributed by atoms with E-state index in [0.717, 1.165) is 39.1 Å². The predicted molar refractivity (Wildman–Crippen MR) is 76.4 cm³/mol.